The highest BCUT2D eigenvalue weighted by Crippen LogP contribution is 2.48. The molecule has 44 heavy (non-hydrogen) atoms. The maximum atomic E-state index is 12.5. The predicted octanol–water partition coefficient (Wildman–Crippen LogP) is 6.85. The zero-order valence-corrected chi connectivity index (χ0v) is 25.6. The van der Waals surface area contributed by atoms with Crippen LogP contribution in [0.1, 0.15) is 72.1 Å². The maximum absolute atomic E-state index is 12.5. The second kappa shape index (κ2) is 13.0. The highest BCUT2D eigenvalue weighted by atomic mass is 16.5. The summed E-state index contributed by atoms with van der Waals surface area (Å²) < 4.78 is 5.34. The number of carbonyl (C=O) groups is 1. The number of nitrogens with two attached hydrogens (primary N) is 1. The van der Waals surface area contributed by atoms with Gasteiger partial charge in [-0.2, -0.15) is 0 Å². The SMILES string of the molecule is COc1ccc(C(C)NC2CCCC23CCN(c2nc(N=C(c4ccccc4)c4ccccc4)ccc2C(N)=O)CC3)cc1. The molecule has 2 fully saturated rings. The van der Waals surface area contributed by atoms with Gasteiger partial charge in [-0.15, -0.1) is 0 Å². The van der Waals surface area contributed by atoms with Crippen LogP contribution in [0.2, 0.25) is 0 Å². The smallest absolute Gasteiger partial charge is 0.252 e. The Bertz CT molecular complexity index is 1550. The molecule has 1 saturated carbocycles. The summed E-state index contributed by atoms with van der Waals surface area (Å²) in [5.41, 5.74) is 10.6. The lowest BCUT2D eigenvalue weighted by Crippen LogP contribution is -2.49. The average molecular weight is 588 g/mol. The van der Waals surface area contributed by atoms with E-state index in [4.69, 9.17) is 20.4 Å². The van der Waals surface area contributed by atoms with Gasteiger partial charge in [0.15, 0.2) is 5.82 Å². The van der Waals surface area contributed by atoms with E-state index in [-0.39, 0.29) is 11.5 Å². The van der Waals surface area contributed by atoms with Crippen molar-refractivity contribution in [2.45, 2.75) is 51.1 Å². The molecule has 2 unspecified atom stereocenters. The molecule has 2 heterocycles. The van der Waals surface area contributed by atoms with Gasteiger partial charge in [-0.1, -0.05) is 79.2 Å². The van der Waals surface area contributed by atoms with Crippen LogP contribution in [0.4, 0.5) is 11.6 Å². The summed E-state index contributed by atoms with van der Waals surface area (Å²) >= 11 is 0. The molecule has 7 nitrogen and oxygen atoms in total. The molecule has 3 N–H and O–H groups in total. The molecule has 1 saturated heterocycles. The fourth-order valence-electron chi connectivity index (χ4n) is 6.99. The van der Waals surface area contributed by atoms with Crippen molar-refractivity contribution in [3.05, 3.63) is 119 Å². The van der Waals surface area contributed by atoms with E-state index in [1.807, 2.05) is 48.5 Å². The van der Waals surface area contributed by atoms with Gasteiger partial charge in [0.05, 0.1) is 18.4 Å². The largest absolute Gasteiger partial charge is 0.497 e. The fraction of sp³-hybridized carbons (Fsp3) is 0.324. The van der Waals surface area contributed by atoms with Crippen molar-refractivity contribution < 1.29 is 9.53 Å². The van der Waals surface area contributed by atoms with Crippen molar-refractivity contribution in [1.82, 2.24) is 10.3 Å². The molecule has 3 aromatic carbocycles. The number of primary amides is 1. The lowest BCUT2D eigenvalue weighted by atomic mass is 9.73. The van der Waals surface area contributed by atoms with Gasteiger partial charge in [0.1, 0.15) is 11.6 Å². The number of nitrogens with zero attached hydrogens (tertiary/aromatic N) is 3. The first-order chi connectivity index (χ1) is 21.5. The number of hydrogen-bond acceptors (Lipinski definition) is 6. The lowest BCUT2D eigenvalue weighted by molar-refractivity contribution is 0.1000. The van der Waals surface area contributed by atoms with Gasteiger partial charge in [-0.25, -0.2) is 9.98 Å². The lowest BCUT2D eigenvalue weighted by Gasteiger charge is -2.45. The summed E-state index contributed by atoms with van der Waals surface area (Å²) in [6.07, 6.45) is 5.69. The summed E-state index contributed by atoms with van der Waals surface area (Å²) in [7, 11) is 1.70. The van der Waals surface area contributed by atoms with Gasteiger partial charge in [-0.3, -0.25) is 4.79 Å². The zero-order valence-electron chi connectivity index (χ0n) is 25.6. The number of carbonyl (C=O) groups excluding carboxylic acids is 1. The molecule has 1 aliphatic carbocycles. The molecule has 0 bridgehead atoms. The molecule has 226 valence electrons. The van der Waals surface area contributed by atoms with Crippen molar-refractivity contribution in [3.8, 4) is 5.75 Å². The van der Waals surface area contributed by atoms with Crippen LogP contribution in [0.25, 0.3) is 0 Å². The van der Waals surface area contributed by atoms with Crippen molar-refractivity contribution >= 4 is 23.3 Å². The number of piperidine rings is 1. The van der Waals surface area contributed by atoms with E-state index >= 15 is 0 Å². The highest BCUT2D eigenvalue weighted by molar-refractivity contribution is 6.13. The van der Waals surface area contributed by atoms with Crippen molar-refractivity contribution in [3.63, 3.8) is 0 Å². The van der Waals surface area contributed by atoms with E-state index in [0.29, 0.717) is 23.2 Å². The summed E-state index contributed by atoms with van der Waals surface area (Å²) in [5, 5.41) is 3.97. The molecule has 0 radical (unpaired) electrons. The molecule has 7 heteroatoms. The molecule has 2 aliphatic rings. The minimum atomic E-state index is -0.469. The Morgan fingerprint density at radius 3 is 2.16 bits per heavy atom. The van der Waals surface area contributed by atoms with Crippen molar-refractivity contribution in [1.29, 1.82) is 0 Å². The molecule has 4 aromatic rings. The van der Waals surface area contributed by atoms with E-state index < -0.39 is 5.91 Å². The van der Waals surface area contributed by atoms with Crippen LogP contribution in [-0.2, 0) is 0 Å². The minimum absolute atomic E-state index is 0.230. The quantitative estimate of drug-likeness (QED) is 0.209. The first-order valence-corrected chi connectivity index (χ1v) is 15.6. The number of methoxy groups -OCH3 is 1. The van der Waals surface area contributed by atoms with Crippen LogP contribution in [0.5, 0.6) is 5.75 Å². The number of aromatic nitrogens is 1. The van der Waals surface area contributed by atoms with Gasteiger partial charge >= 0.3 is 0 Å². The van der Waals surface area contributed by atoms with Crippen LogP contribution in [-0.4, -0.2) is 42.8 Å². The van der Waals surface area contributed by atoms with E-state index in [9.17, 15) is 4.79 Å². The molecule has 2 atom stereocenters. The van der Waals surface area contributed by atoms with Gasteiger partial charge in [-0.05, 0) is 67.9 Å². The third-order valence-electron chi connectivity index (χ3n) is 9.48. The Morgan fingerprint density at radius 2 is 1.57 bits per heavy atom. The summed E-state index contributed by atoms with van der Waals surface area (Å²) in [4.78, 5) is 24.7. The second-order valence-electron chi connectivity index (χ2n) is 12.1. The van der Waals surface area contributed by atoms with E-state index in [1.165, 1.54) is 24.8 Å². The number of rotatable bonds is 9. The zero-order chi connectivity index (χ0) is 30.5. The molecule has 6 rings (SSSR count). The number of nitrogens with one attached hydrogen (secondary N) is 1. The molecule has 1 aliphatic heterocycles. The van der Waals surface area contributed by atoms with Crippen molar-refractivity contribution in [2.24, 2.45) is 16.1 Å². The van der Waals surface area contributed by atoms with Crippen LogP contribution in [0.3, 0.4) is 0 Å². The fourth-order valence-corrected chi connectivity index (χ4v) is 6.99. The topological polar surface area (TPSA) is 92.8 Å². The van der Waals surface area contributed by atoms with Crippen LogP contribution < -0.4 is 20.7 Å². The Morgan fingerprint density at radius 1 is 0.932 bits per heavy atom. The number of anilines is 1. The third-order valence-corrected chi connectivity index (χ3v) is 9.48. The third kappa shape index (κ3) is 6.24. The predicted molar refractivity (Wildman–Crippen MR) is 177 cm³/mol. The number of pyridine rings is 1. The maximum Gasteiger partial charge on any atom is 0.252 e. The highest BCUT2D eigenvalue weighted by Gasteiger charge is 2.45. The van der Waals surface area contributed by atoms with Gasteiger partial charge in [0.25, 0.3) is 5.91 Å². The molecular weight excluding hydrogens is 546 g/mol. The number of aliphatic imine (C=N–C) groups is 1. The molecule has 1 aromatic heterocycles. The number of amides is 1. The van der Waals surface area contributed by atoms with E-state index in [2.05, 4.69) is 53.5 Å². The Labute approximate surface area is 260 Å². The second-order valence-corrected chi connectivity index (χ2v) is 12.1. The summed E-state index contributed by atoms with van der Waals surface area (Å²) in [6.45, 7) is 3.89. The number of ether oxygens (including phenoxy) is 1. The van der Waals surface area contributed by atoms with E-state index in [0.717, 1.165) is 48.5 Å². The van der Waals surface area contributed by atoms with Gasteiger partial charge < -0.3 is 20.7 Å². The standard InChI is InChI=1S/C37H41N5O2/c1-26(27-15-17-30(44-2)18-16-27)39-32-14-9-21-37(32)22-24-42(25-23-37)36-31(35(38)43)19-20-33(41-36)40-34(28-10-5-3-6-11-28)29-12-7-4-8-13-29/h3-8,10-13,15-20,26,32,39H,9,14,21-25H2,1-2H3,(H2,38,43). The minimum Gasteiger partial charge on any atom is -0.497 e. The molecule has 1 amide bonds. The first-order valence-electron chi connectivity index (χ1n) is 15.6. The van der Waals surface area contributed by atoms with Gasteiger partial charge in [0.2, 0.25) is 0 Å². The Hall–Kier alpha value is -4.49. The Balaban J connectivity index is 1.23. The number of benzene rings is 3. The summed E-state index contributed by atoms with van der Waals surface area (Å²) in [5.74, 6) is 1.59. The molecule has 1 spiro atoms. The van der Waals surface area contributed by atoms with Crippen LogP contribution >= 0.6 is 0 Å². The van der Waals surface area contributed by atoms with Crippen LogP contribution in [0, 0.1) is 5.41 Å². The summed E-state index contributed by atoms with van der Waals surface area (Å²) in [6, 6.07) is 32.9. The monoisotopic (exact) mass is 587 g/mol. The number of hydrogen-bond donors (Lipinski definition) is 2. The van der Waals surface area contributed by atoms with Crippen LogP contribution in [0.15, 0.2) is 102 Å². The Kier molecular flexibility index (Phi) is 8.75. The first kappa shape index (κ1) is 29.6. The molecular formula is C37H41N5O2. The normalized spacial score (nSPS) is 18.1. The van der Waals surface area contributed by atoms with Gasteiger partial charge in [0, 0.05) is 36.3 Å². The van der Waals surface area contributed by atoms with Crippen molar-refractivity contribution in [2.75, 3.05) is 25.1 Å². The average Bonchev–Trinajstić information content (AvgIpc) is 3.45. The van der Waals surface area contributed by atoms with E-state index in [1.54, 1.807) is 19.2 Å².